The smallest absolute Gasteiger partial charge is 0.249 e. The number of rotatable bonds is 7. The molecule has 28 heavy (non-hydrogen) atoms. The Labute approximate surface area is 177 Å². The van der Waals surface area contributed by atoms with Crippen molar-refractivity contribution in [1.29, 1.82) is 0 Å². The molecule has 2 heterocycles. The molecule has 2 N–H and O–H groups in total. The highest BCUT2D eigenvalue weighted by atomic mass is 35.5. The molecule has 0 spiro atoms. The van der Waals surface area contributed by atoms with E-state index in [1.165, 1.54) is 10.4 Å². The van der Waals surface area contributed by atoms with Crippen LogP contribution in [-0.2, 0) is 17.7 Å². The van der Waals surface area contributed by atoms with Gasteiger partial charge in [0.05, 0.1) is 5.69 Å². The molecule has 0 aliphatic rings. The van der Waals surface area contributed by atoms with Gasteiger partial charge in [0.15, 0.2) is 0 Å². The molecule has 0 amide bonds. The van der Waals surface area contributed by atoms with Gasteiger partial charge in [0.25, 0.3) is 0 Å². The predicted octanol–water partition coefficient (Wildman–Crippen LogP) is 3.17. The topological polar surface area (TPSA) is 101 Å². The van der Waals surface area contributed by atoms with Crippen LogP contribution >= 0.6 is 24.8 Å². The quantitative estimate of drug-likeness (QED) is 0.546. The molecule has 7 nitrogen and oxygen atoms in total. The number of benzene rings is 1. The number of hydrogen-bond acceptors (Lipinski definition) is 5. The van der Waals surface area contributed by atoms with Crippen molar-refractivity contribution in [3.63, 3.8) is 0 Å². The molecule has 0 radical (unpaired) electrons. The van der Waals surface area contributed by atoms with Gasteiger partial charge in [-0.3, -0.25) is 9.00 Å². The normalized spacial score (nSPS) is 11.5. The Morgan fingerprint density at radius 3 is 2.71 bits per heavy atom. The van der Waals surface area contributed by atoms with Gasteiger partial charge in [-0.05, 0) is 36.2 Å². The second-order valence-electron chi connectivity index (χ2n) is 5.76. The van der Waals surface area contributed by atoms with E-state index in [0.717, 1.165) is 22.3 Å². The van der Waals surface area contributed by atoms with E-state index in [1.807, 2.05) is 37.3 Å². The van der Waals surface area contributed by atoms with Crippen LogP contribution in [0.2, 0.25) is 0 Å². The lowest BCUT2D eigenvalue weighted by atomic mass is 10.1. The first-order valence-electron chi connectivity index (χ1n) is 8.25. The van der Waals surface area contributed by atoms with E-state index in [4.69, 9.17) is 0 Å². The highest BCUT2D eigenvalue weighted by molar-refractivity contribution is 7.76. The lowest BCUT2D eigenvalue weighted by Crippen LogP contribution is -2.27. The van der Waals surface area contributed by atoms with Crippen LogP contribution in [0.1, 0.15) is 12.5 Å². The third-order valence-electron chi connectivity index (χ3n) is 4.05. The molecule has 1 aromatic carbocycles. The van der Waals surface area contributed by atoms with Crippen molar-refractivity contribution in [2.24, 2.45) is 0 Å². The summed E-state index contributed by atoms with van der Waals surface area (Å²) in [4.78, 5) is 18.3. The van der Waals surface area contributed by atoms with Crippen LogP contribution in [0, 0.1) is 0 Å². The van der Waals surface area contributed by atoms with Crippen LogP contribution in [0.4, 0.5) is 11.4 Å². The van der Waals surface area contributed by atoms with Crippen LogP contribution in [0.25, 0.3) is 11.0 Å². The fraction of sp³-hybridized carbons (Fsp3) is 0.222. The predicted molar refractivity (Wildman–Crippen MR) is 116 cm³/mol. The first-order chi connectivity index (χ1) is 12.6. The fourth-order valence-electron chi connectivity index (χ4n) is 2.72. The maximum Gasteiger partial charge on any atom is 0.249 e. The van der Waals surface area contributed by atoms with Gasteiger partial charge in [0.1, 0.15) is 5.65 Å². The van der Waals surface area contributed by atoms with Gasteiger partial charge >= 0.3 is 0 Å². The summed E-state index contributed by atoms with van der Waals surface area (Å²) in [5.74, 6) is 0. The third-order valence-corrected chi connectivity index (χ3v) is 4.91. The summed E-state index contributed by atoms with van der Waals surface area (Å²) in [5, 5.41) is 4.15. The van der Waals surface area contributed by atoms with E-state index < -0.39 is 11.3 Å². The maximum atomic E-state index is 11.4. The Morgan fingerprint density at radius 2 is 2.00 bits per heavy atom. The number of pyridine rings is 2. The second kappa shape index (κ2) is 11.1. The molecule has 0 aliphatic heterocycles. The van der Waals surface area contributed by atoms with Crippen molar-refractivity contribution in [2.45, 2.75) is 13.3 Å². The zero-order valence-corrected chi connectivity index (χ0v) is 17.5. The summed E-state index contributed by atoms with van der Waals surface area (Å²) in [5.41, 5.74) is 3.08. The molecule has 3 rings (SSSR count). The molecule has 2 aromatic heterocycles. The standard InChI is InChI=1S/C18H20N4O3S.2ClH/c1-2-22(26(24)25)11-9-13-4-3-5-14(12-13)20-16-8-10-19-18-15(16)6-7-17(23)21-18;;/h3-8,10,12H,2,9,11H2,1H3,(H,24,25)(H2,19,20,21,23);2*1H/p-1. The van der Waals surface area contributed by atoms with Gasteiger partial charge in [0, 0.05) is 47.7 Å². The highest BCUT2D eigenvalue weighted by Gasteiger charge is 2.06. The molecule has 0 bridgehead atoms. The van der Waals surface area contributed by atoms with Gasteiger partial charge in [-0.15, -0.1) is 24.8 Å². The number of fused-ring (bicyclic) bond motifs is 1. The lowest BCUT2D eigenvalue weighted by molar-refractivity contribution is 0.403. The lowest BCUT2D eigenvalue weighted by Gasteiger charge is -2.22. The Balaban J connectivity index is 0.00000196. The van der Waals surface area contributed by atoms with Crippen LogP contribution in [-0.4, -0.2) is 36.1 Å². The SMILES string of the molecule is CCN(CCc1cccc(Nc2ccnc3[nH]c(=O)ccc23)c1)S(=O)[O-].Cl.Cl. The van der Waals surface area contributed by atoms with E-state index in [9.17, 15) is 13.6 Å². The van der Waals surface area contributed by atoms with Crippen molar-refractivity contribution in [3.05, 3.63) is 64.6 Å². The molecule has 0 fully saturated rings. The molecule has 0 aliphatic carbocycles. The number of nitrogens with zero attached hydrogens (tertiary/aromatic N) is 2. The fourth-order valence-corrected chi connectivity index (χ4v) is 3.17. The van der Waals surface area contributed by atoms with Gasteiger partial charge in [-0.2, -0.15) is 0 Å². The zero-order valence-electron chi connectivity index (χ0n) is 15.1. The Hall–Kier alpha value is -1.97. The highest BCUT2D eigenvalue weighted by Crippen LogP contribution is 2.24. The molecule has 3 aromatic rings. The van der Waals surface area contributed by atoms with E-state index in [-0.39, 0.29) is 30.4 Å². The summed E-state index contributed by atoms with van der Waals surface area (Å²) in [6, 6.07) is 12.9. The van der Waals surface area contributed by atoms with Gasteiger partial charge in [-0.1, -0.05) is 19.1 Å². The monoisotopic (exact) mass is 443 g/mol. The number of nitrogens with one attached hydrogen (secondary N) is 2. The van der Waals surface area contributed by atoms with Crippen LogP contribution in [0.15, 0.2) is 53.5 Å². The molecule has 0 saturated carbocycles. The molecule has 10 heteroatoms. The van der Waals surface area contributed by atoms with E-state index >= 15 is 0 Å². The van der Waals surface area contributed by atoms with Crippen LogP contribution in [0.3, 0.4) is 0 Å². The van der Waals surface area contributed by atoms with E-state index in [2.05, 4.69) is 15.3 Å². The second-order valence-corrected chi connectivity index (χ2v) is 6.71. The Bertz CT molecular complexity index is 1000. The minimum Gasteiger partial charge on any atom is -0.760 e. The minimum absolute atomic E-state index is 0. The van der Waals surface area contributed by atoms with Gasteiger partial charge in [-0.25, -0.2) is 9.29 Å². The number of likely N-dealkylation sites (N-methyl/N-ethyl adjacent to an activating group) is 1. The maximum absolute atomic E-state index is 11.4. The van der Waals surface area contributed by atoms with Gasteiger partial charge < -0.3 is 14.9 Å². The average Bonchev–Trinajstić information content (AvgIpc) is 2.62. The summed E-state index contributed by atoms with van der Waals surface area (Å²) in [6.07, 6.45) is 2.26. The Morgan fingerprint density at radius 1 is 1.21 bits per heavy atom. The minimum atomic E-state index is -2.20. The molecule has 152 valence electrons. The largest absolute Gasteiger partial charge is 0.760 e. The number of halogens is 2. The number of aromatic amines is 1. The number of hydrogen-bond donors (Lipinski definition) is 2. The average molecular weight is 444 g/mol. The molecule has 1 atom stereocenters. The molecule has 1 unspecified atom stereocenters. The van der Waals surface area contributed by atoms with Gasteiger partial charge in [0.2, 0.25) is 5.56 Å². The van der Waals surface area contributed by atoms with Crippen LogP contribution < -0.4 is 10.9 Å². The molecular formula is C18H21Cl2N4O3S-. The van der Waals surface area contributed by atoms with Crippen molar-refractivity contribution in [2.75, 3.05) is 18.4 Å². The summed E-state index contributed by atoms with van der Waals surface area (Å²) >= 11 is -2.20. The molecule has 0 saturated heterocycles. The summed E-state index contributed by atoms with van der Waals surface area (Å²) < 4.78 is 23.6. The Kier molecular flexibility index (Phi) is 9.57. The van der Waals surface area contributed by atoms with Crippen molar-refractivity contribution in [3.8, 4) is 0 Å². The zero-order chi connectivity index (χ0) is 18.5. The first kappa shape index (κ1) is 24.1. The summed E-state index contributed by atoms with van der Waals surface area (Å²) in [7, 11) is 0. The number of H-pyrrole nitrogens is 1. The van der Waals surface area contributed by atoms with Crippen molar-refractivity contribution >= 4 is 58.5 Å². The van der Waals surface area contributed by atoms with Crippen molar-refractivity contribution in [1.82, 2.24) is 14.3 Å². The third kappa shape index (κ3) is 6.02. The van der Waals surface area contributed by atoms with E-state index in [0.29, 0.717) is 25.2 Å². The number of anilines is 2. The summed E-state index contributed by atoms with van der Waals surface area (Å²) in [6.45, 7) is 2.71. The van der Waals surface area contributed by atoms with Crippen molar-refractivity contribution < 1.29 is 8.76 Å². The van der Waals surface area contributed by atoms with Crippen LogP contribution in [0.5, 0.6) is 0 Å². The molecular weight excluding hydrogens is 423 g/mol. The van der Waals surface area contributed by atoms with E-state index in [1.54, 1.807) is 12.3 Å². The first-order valence-corrected chi connectivity index (χ1v) is 9.28. The number of aromatic nitrogens is 2.